The molecular formula is C55H86O6. The van der Waals surface area contributed by atoms with E-state index >= 15 is 0 Å². The zero-order valence-corrected chi connectivity index (χ0v) is 38.9. The molecule has 6 nitrogen and oxygen atoms in total. The lowest BCUT2D eigenvalue weighted by molar-refractivity contribution is -0.166. The van der Waals surface area contributed by atoms with Crippen LogP contribution in [-0.2, 0) is 28.6 Å². The molecule has 0 amide bonds. The van der Waals surface area contributed by atoms with Gasteiger partial charge < -0.3 is 14.2 Å². The van der Waals surface area contributed by atoms with E-state index in [1.807, 2.05) is 6.08 Å². The second-order valence-electron chi connectivity index (χ2n) is 15.3. The maximum Gasteiger partial charge on any atom is 0.309 e. The quantitative estimate of drug-likeness (QED) is 0.0201. The van der Waals surface area contributed by atoms with Crippen LogP contribution in [0.5, 0.6) is 0 Å². The molecule has 0 saturated carbocycles. The van der Waals surface area contributed by atoms with Crippen LogP contribution in [0.1, 0.15) is 188 Å². The van der Waals surface area contributed by atoms with Gasteiger partial charge >= 0.3 is 17.9 Å². The maximum atomic E-state index is 12.7. The Bertz CT molecular complexity index is 1340. The Morgan fingerprint density at radius 3 is 1.25 bits per heavy atom. The number of hydrogen-bond acceptors (Lipinski definition) is 6. The van der Waals surface area contributed by atoms with Gasteiger partial charge in [-0.3, -0.25) is 14.4 Å². The molecule has 0 N–H and O–H groups in total. The molecule has 6 heteroatoms. The Morgan fingerprint density at radius 2 is 0.738 bits per heavy atom. The topological polar surface area (TPSA) is 78.9 Å². The third kappa shape index (κ3) is 46.7. The van der Waals surface area contributed by atoms with Gasteiger partial charge in [-0.15, -0.1) is 0 Å². The Morgan fingerprint density at radius 1 is 0.361 bits per heavy atom. The summed E-state index contributed by atoms with van der Waals surface area (Å²) in [6.45, 7) is 6.13. The Balaban J connectivity index is 4.44. The van der Waals surface area contributed by atoms with Crippen molar-refractivity contribution in [3.63, 3.8) is 0 Å². The van der Waals surface area contributed by atoms with Crippen molar-refractivity contribution >= 4 is 17.9 Å². The van der Waals surface area contributed by atoms with Crippen LogP contribution in [-0.4, -0.2) is 37.2 Å². The summed E-state index contributed by atoms with van der Waals surface area (Å²) in [5.74, 6) is -1.09. The van der Waals surface area contributed by atoms with Crippen LogP contribution in [0.25, 0.3) is 0 Å². The zero-order valence-electron chi connectivity index (χ0n) is 38.9. The Kier molecular flexibility index (Phi) is 45.1. The molecule has 0 aromatic carbocycles. The van der Waals surface area contributed by atoms with Crippen molar-refractivity contribution in [1.29, 1.82) is 0 Å². The number of ether oxygens (including phenoxy) is 3. The number of carbonyl (C=O) groups is 3. The number of carbonyl (C=O) groups excluding carboxylic acids is 3. The average Bonchev–Trinajstić information content (AvgIpc) is 3.26. The highest BCUT2D eigenvalue weighted by atomic mass is 16.6. The van der Waals surface area contributed by atoms with E-state index in [1.165, 1.54) is 32.1 Å². The van der Waals surface area contributed by atoms with Gasteiger partial charge in [0.15, 0.2) is 6.10 Å². The molecule has 0 rings (SSSR count). The van der Waals surface area contributed by atoms with Gasteiger partial charge in [0.05, 0.1) is 6.42 Å². The molecular weight excluding hydrogens is 757 g/mol. The summed E-state index contributed by atoms with van der Waals surface area (Å²) in [5.41, 5.74) is 0. The van der Waals surface area contributed by atoms with Crippen LogP contribution >= 0.6 is 0 Å². The molecule has 0 aromatic heterocycles. The molecule has 0 aliphatic heterocycles. The normalized spacial score (nSPS) is 13.2. The van der Waals surface area contributed by atoms with Gasteiger partial charge in [0.25, 0.3) is 0 Å². The SMILES string of the molecule is CC\C=C/C=C\C=C/CCCCCCCCCC(=O)OC(COC(=O)C/C=C\C/C=C\C/C=C\CC)COC(=O)CCCCCCCC/C=C\C/C=C\C/C=C\C/C=C\CC. The number of hydrogen-bond donors (Lipinski definition) is 0. The average molecular weight is 843 g/mol. The molecule has 0 bridgehead atoms. The lowest BCUT2D eigenvalue weighted by Gasteiger charge is -2.18. The van der Waals surface area contributed by atoms with Crippen LogP contribution in [0.2, 0.25) is 0 Å². The predicted octanol–water partition coefficient (Wildman–Crippen LogP) is 15.7. The van der Waals surface area contributed by atoms with E-state index in [4.69, 9.17) is 14.2 Å². The van der Waals surface area contributed by atoms with Crippen molar-refractivity contribution in [2.75, 3.05) is 13.2 Å². The van der Waals surface area contributed by atoms with Crippen molar-refractivity contribution in [2.45, 2.75) is 194 Å². The van der Waals surface area contributed by atoms with Gasteiger partial charge in [0, 0.05) is 12.8 Å². The van der Waals surface area contributed by atoms with Gasteiger partial charge in [-0.05, 0) is 89.9 Å². The van der Waals surface area contributed by atoms with E-state index in [2.05, 4.69) is 130 Å². The number of esters is 3. The van der Waals surface area contributed by atoms with Gasteiger partial charge in [0.1, 0.15) is 13.2 Å². The lowest BCUT2D eigenvalue weighted by atomic mass is 10.1. The summed E-state index contributed by atoms with van der Waals surface area (Å²) in [4.78, 5) is 37.8. The highest BCUT2D eigenvalue weighted by Crippen LogP contribution is 2.13. The van der Waals surface area contributed by atoms with Gasteiger partial charge in [-0.1, -0.05) is 200 Å². The third-order valence-corrected chi connectivity index (χ3v) is 9.54. The molecule has 0 aliphatic rings. The molecule has 0 heterocycles. The Labute approximate surface area is 373 Å². The first-order valence-corrected chi connectivity index (χ1v) is 24.1. The van der Waals surface area contributed by atoms with Crippen molar-refractivity contribution in [2.24, 2.45) is 0 Å². The fraction of sp³-hybridized carbons (Fsp3) is 0.582. The van der Waals surface area contributed by atoms with Crippen LogP contribution in [0.4, 0.5) is 0 Å². The smallest absolute Gasteiger partial charge is 0.309 e. The summed E-state index contributed by atoms with van der Waals surface area (Å²) in [6.07, 6.45) is 66.4. The van der Waals surface area contributed by atoms with Crippen LogP contribution in [0.15, 0.2) is 122 Å². The number of unbranched alkanes of at least 4 members (excludes halogenated alkanes) is 13. The zero-order chi connectivity index (χ0) is 44.4. The van der Waals surface area contributed by atoms with E-state index in [1.54, 1.807) is 6.08 Å². The first-order valence-electron chi connectivity index (χ1n) is 24.1. The second-order valence-corrected chi connectivity index (χ2v) is 15.3. The van der Waals surface area contributed by atoms with Crippen LogP contribution < -0.4 is 0 Å². The minimum Gasteiger partial charge on any atom is -0.462 e. The van der Waals surface area contributed by atoms with E-state index in [-0.39, 0.29) is 38.0 Å². The first kappa shape index (κ1) is 56.8. The van der Waals surface area contributed by atoms with Gasteiger partial charge in [-0.2, -0.15) is 0 Å². The standard InChI is InChI=1S/C55H86O6/c1-4-7-10-13-16-19-21-23-25-26-27-28-30-31-33-36-39-42-45-48-54(57)60-51-52(50-59-53(56)47-44-41-38-35-18-15-12-9-6-3)61-55(58)49-46-43-40-37-34-32-29-24-22-20-17-14-11-8-5-2/h7-12,14,16-20,22-23,25,27-28,35,41,44,52H,4-6,13,15,21,24,26,29-34,36-40,42-43,45-51H2,1-3H3/b10-7-,11-8-,12-9-,17-14-,19-16-,22-20-,25-23-,28-27-,35-18-,44-41-. The Hall–Kier alpha value is -4.19. The van der Waals surface area contributed by atoms with Crippen LogP contribution in [0.3, 0.4) is 0 Å². The van der Waals surface area contributed by atoms with E-state index in [0.29, 0.717) is 6.42 Å². The fourth-order valence-corrected chi connectivity index (χ4v) is 6.02. The van der Waals surface area contributed by atoms with Gasteiger partial charge in [0.2, 0.25) is 0 Å². The van der Waals surface area contributed by atoms with E-state index in [0.717, 1.165) is 116 Å². The molecule has 342 valence electrons. The molecule has 1 unspecified atom stereocenters. The van der Waals surface area contributed by atoms with Crippen molar-refractivity contribution < 1.29 is 28.6 Å². The highest BCUT2D eigenvalue weighted by Gasteiger charge is 2.19. The summed E-state index contributed by atoms with van der Waals surface area (Å²) >= 11 is 0. The minimum absolute atomic E-state index is 0.121. The fourth-order valence-electron chi connectivity index (χ4n) is 6.02. The molecule has 0 fully saturated rings. The summed E-state index contributed by atoms with van der Waals surface area (Å²) in [5, 5.41) is 0. The first-order chi connectivity index (χ1) is 30.0. The van der Waals surface area contributed by atoms with Crippen molar-refractivity contribution in [3.05, 3.63) is 122 Å². The monoisotopic (exact) mass is 843 g/mol. The lowest BCUT2D eigenvalue weighted by Crippen LogP contribution is -2.30. The summed E-state index contributed by atoms with van der Waals surface area (Å²) in [7, 11) is 0. The third-order valence-electron chi connectivity index (χ3n) is 9.54. The summed E-state index contributed by atoms with van der Waals surface area (Å²) < 4.78 is 16.6. The highest BCUT2D eigenvalue weighted by molar-refractivity contribution is 5.72. The van der Waals surface area contributed by atoms with Crippen LogP contribution in [0, 0.1) is 0 Å². The molecule has 1 atom stereocenters. The molecule has 0 aliphatic carbocycles. The van der Waals surface area contributed by atoms with Gasteiger partial charge in [-0.25, -0.2) is 0 Å². The molecule has 0 spiro atoms. The number of allylic oxidation sites excluding steroid dienone is 19. The molecule has 0 radical (unpaired) electrons. The van der Waals surface area contributed by atoms with Crippen molar-refractivity contribution in [1.82, 2.24) is 0 Å². The van der Waals surface area contributed by atoms with Crippen molar-refractivity contribution in [3.8, 4) is 0 Å². The molecule has 0 aromatic rings. The largest absolute Gasteiger partial charge is 0.462 e. The predicted molar refractivity (Wildman–Crippen MR) is 260 cm³/mol. The molecule has 61 heavy (non-hydrogen) atoms. The number of rotatable bonds is 41. The van der Waals surface area contributed by atoms with E-state index < -0.39 is 12.1 Å². The maximum absolute atomic E-state index is 12.7. The minimum atomic E-state index is -0.828. The summed E-state index contributed by atoms with van der Waals surface area (Å²) in [6, 6.07) is 0. The van der Waals surface area contributed by atoms with E-state index in [9.17, 15) is 14.4 Å². The molecule has 0 saturated heterocycles. The second kappa shape index (κ2) is 48.5.